The summed E-state index contributed by atoms with van der Waals surface area (Å²) in [7, 11) is 0. The number of ether oxygens (including phenoxy) is 5. The van der Waals surface area contributed by atoms with E-state index in [1.807, 2.05) is 36.4 Å². The smallest absolute Gasteiger partial charge is 0.231 e. The lowest BCUT2D eigenvalue weighted by Crippen LogP contribution is -2.18. The van der Waals surface area contributed by atoms with E-state index in [0.29, 0.717) is 13.0 Å². The Morgan fingerprint density at radius 2 is 1.58 bits per heavy atom. The maximum absolute atomic E-state index is 10.3. The molecule has 0 bridgehead atoms. The normalized spacial score (nSPS) is 24.4. The highest BCUT2D eigenvalue weighted by Crippen LogP contribution is 2.37. The SMILES string of the molecule is OC1OC/C(=C/c2ccc3c(c2)OCO3)C1Cc1ccc2c(c1)OCO2. The Hall–Kier alpha value is -2.70. The number of fused-ring (bicyclic) bond motifs is 2. The molecule has 2 atom stereocenters. The van der Waals surface area contributed by atoms with Crippen molar-refractivity contribution in [2.24, 2.45) is 5.92 Å². The van der Waals surface area contributed by atoms with Gasteiger partial charge >= 0.3 is 0 Å². The molecule has 5 rings (SSSR count). The van der Waals surface area contributed by atoms with Gasteiger partial charge < -0.3 is 28.8 Å². The van der Waals surface area contributed by atoms with Gasteiger partial charge in [-0.2, -0.15) is 0 Å². The van der Waals surface area contributed by atoms with Crippen LogP contribution in [-0.4, -0.2) is 31.6 Å². The average molecular weight is 354 g/mol. The fraction of sp³-hybridized carbons (Fsp3) is 0.300. The number of aliphatic hydroxyl groups is 1. The standard InChI is InChI=1S/C20H18O6/c21-20-15(6-13-2-4-17-19(8-13)26-11-24-17)14(9-22-20)5-12-1-3-16-18(7-12)25-10-23-16/h1-5,7-8,15,20-21H,6,9-11H2/b14-5-. The number of benzene rings is 2. The fourth-order valence-corrected chi connectivity index (χ4v) is 3.51. The van der Waals surface area contributed by atoms with Gasteiger partial charge in [0.05, 0.1) is 6.61 Å². The van der Waals surface area contributed by atoms with Crippen LogP contribution in [0.3, 0.4) is 0 Å². The molecule has 2 unspecified atom stereocenters. The Balaban J connectivity index is 1.40. The van der Waals surface area contributed by atoms with Gasteiger partial charge in [-0.1, -0.05) is 18.2 Å². The van der Waals surface area contributed by atoms with E-state index < -0.39 is 6.29 Å². The molecule has 3 aliphatic heterocycles. The third kappa shape index (κ3) is 2.77. The predicted molar refractivity (Wildman–Crippen MR) is 92.3 cm³/mol. The lowest BCUT2D eigenvalue weighted by atomic mass is 9.92. The lowest BCUT2D eigenvalue weighted by Gasteiger charge is -2.15. The lowest BCUT2D eigenvalue weighted by molar-refractivity contribution is -0.0817. The van der Waals surface area contributed by atoms with Crippen LogP contribution >= 0.6 is 0 Å². The van der Waals surface area contributed by atoms with Crippen LogP contribution in [0, 0.1) is 5.92 Å². The summed E-state index contributed by atoms with van der Waals surface area (Å²) in [5, 5.41) is 10.3. The van der Waals surface area contributed by atoms with Crippen LogP contribution in [0.1, 0.15) is 11.1 Å². The predicted octanol–water partition coefficient (Wildman–Crippen LogP) is 2.73. The van der Waals surface area contributed by atoms with Crippen molar-refractivity contribution < 1.29 is 28.8 Å². The zero-order valence-electron chi connectivity index (χ0n) is 14.0. The summed E-state index contributed by atoms with van der Waals surface area (Å²) >= 11 is 0. The molecule has 1 saturated heterocycles. The van der Waals surface area contributed by atoms with E-state index in [0.717, 1.165) is 39.7 Å². The van der Waals surface area contributed by atoms with Crippen LogP contribution in [0.5, 0.6) is 23.0 Å². The summed E-state index contributed by atoms with van der Waals surface area (Å²) in [4.78, 5) is 0. The largest absolute Gasteiger partial charge is 0.454 e. The van der Waals surface area contributed by atoms with Gasteiger partial charge in [-0.25, -0.2) is 0 Å². The van der Waals surface area contributed by atoms with Crippen molar-refractivity contribution in [1.82, 2.24) is 0 Å². The van der Waals surface area contributed by atoms with Gasteiger partial charge in [0, 0.05) is 5.92 Å². The third-order valence-corrected chi connectivity index (χ3v) is 4.88. The summed E-state index contributed by atoms with van der Waals surface area (Å²) in [5.41, 5.74) is 3.12. The Labute approximate surface area is 150 Å². The highest BCUT2D eigenvalue weighted by molar-refractivity contribution is 5.59. The van der Waals surface area contributed by atoms with E-state index in [2.05, 4.69) is 6.08 Å². The minimum absolute atomic E-state index is 0.110. The highest BCUT2D eigenvalue weighted by Gasteiger charge is 2.31. The van der Waals surface area contributed by atoms with E-state index >= 15 is 0 Å². The average Bonchev–Trinajstić information content (AvgIpc) is 3.37. The van der Waals surface area contributed by atoms with Gasteiger partial charge in [-0.3, -0.25) is 0 Å². The van der Waals surface area contributed by atoms with Gasteiger partial charge in [0.15, 0.2) is 29.3 Å². The molecular weight excluding hydrogens is 336 g/mol. The van der Waals surface area contributed by atoms with Gasteiger partial charge in [0.25, 0.3) is 0 Å². The van der Waals surface area contributed by atoms with Crippen molar-refractivity contribution in [2.45, 2.75) is 12.7 Å². The molecule has 0 amide bonds. The molecule has 1 fully saturated rings. The molecule has 2 aromatic rings. The maximum atomic E-state index is 10.3. The molecule has 0 aromatic heterocycles. The first-order valence-electron chi connectivity index (χ1n) is 8.54. The molecule has 3 heterocycles. The molecule has 0 radical (unpaired) electrons. The van der Waals surface area contributed by atoms with Gasteiger partial charge in [-0.15, -0.1) is 0 Å². The second kappa shape index (κ2) is 6.23. The first-order valence-corrected chi connectivity index (χ1v) is 8.54. The minimum Gasteiger partial charge on any atom is -0.454 e. The van der Waals surface area contributed by atoms with Crippen molar-refractivity contribution in [3.05, 3.63) is 53.1 Å². The number of rotatable bonds is 3. The van der Waals surface area contributed by atoms with Crippen molar-refractivity contribution in [3.63, 3.8) is 0 Å². The number of hydrogen-bond acceptors (Lipinski definition) is 6. The zero-order chi connectivity index (χ0) is 17.5. The fourth-order valence-electron chi connectivity index (χ4n) is 3.51. The topological polar surface area (TPSA) is 66.4 Å². The zero-order valence-corrected chi connectivity index (χ0v) is 14.0. The first-order chi connectivity index (χ1) is 12.8. The van der Waals surface area contributed by atoms with Crippen molar-refractivity contribution in [2.75, 3.05) is 20.2 Å². The molecule has 0 spiro atoms. The molecule has 134 valence electrons. The van der Waals surface area contributed by atoms with E-state index in [4.69, 9.17) is 23.7 Å². The summed E-state index contributed by atoms with van der Waals surface area (Å²) < 4.78 is 27.1. The van der Waals surface area contributed by atoms with E-state index in [-0.39, 0.29) is 19.5 Å². The second-order valence-electron chi connectivity index (χ2n) is 6.53. The molecule has 0 aliphatic carbocycles. The summed E-state index contributed by atoms with van der Waals surface area (Å²) in [5.74, 6) is 2.89. The quantitative estimate of drug-likeness (QED) is 0.914. The van der Waals surface area contributed by atoms with Crippen LogP contribution in [0.2, 0.25) is 0 Å². The molecule has 3 aliphatic rings. The Bertz CT molecular complexity index is 875. The molecule has 1 N–H and O–H groups in total. The third-order valence-electron chi connectivity index (χ3n) is 4.88. The number of aliphatic hydroxyl groups excluding tert-OH is 1. The van der Waals surface area contributed by atoms with Crippen LogP contribution < -0.4 is 18.9 Å². The van der Waals surface area contributed by atoms with E-state index in [1.54, 1.807) is 0 Å². The molecule has 0 saturated carbocycles. The first kappa shape index (κ1) is 15.5. The minimum atomic E-state index is -0.819. The Morgan fingerprint density at radius 1 is 0.885 bits per heavy atom. The van der Waals surface area contributed by atoms with Crippen LogP contribution in [0.4, 0.5) is 0 Å². The van der Waals surface area contributed by atoms with Crippen LogP contribution in [0.25, 0.3) is 6.08 Å². The van der Waals surface area contributed by atoms with E-state index in [1.165, 1.54) is 0 Å². The monoisotopic (exact) mass is 354 g/mol. The van der Waals surface area contributed by atoms with Crippen LogP contribution in [-0.2, 0) is 11.2 Å². The van der Waals surface area contributed by atoms with Crippen molar-refractivity contribution >= 4 is 6.08 Å². The molecule has 6 nitrogen and oxygen atoms in total. The van der Waals surface area contributed by atoms with Crippen molar-refractivity contribution in [3.8, 4) is 23.0 Å². The summed E-state index contributed by atoms with van der Waals surface area (Å²) in [6.07, 6.45) is 1.89. The van der Waals surface area contributed by atoms with Crippen LogP contribution in [0.15, 0.2) is 42.0 Å². The van der Waals surface area contributed by atoms with Gasteiger partial charge in [0.1, 0.15) is 0 Å². The molecule has 6 heteroatoms. The Kier molecular flexibility index (Phi) is 3.72. The van der Waals surface area contributed by atoms with Crippen molar-refractivity contribution in [1.29, 1.82) is 0 Å². The van der Waals surface area contributed by atoms with E-state index in [9.17, 15) is 5.11 Å². The molecule has 2 aromatic carbocycles. The molecular formula is C20H18O6. The summed E-state index contributed by atoms with van der Waals surface area (Å²) in [6, 6.07) is 11.7. The maximum Gasteiger partial charge on any atom is 0.231 e. The van der Waals surface area contributed by atoms with Gasteiger partial charge in [0.2, 0.25) is 13.6 Å². The highest BCUT2D eigenvalue weighted by atomic mass is 16.7. The Morgan fingerprint density at radius 3 is 2.38 bits per heavy atom. The van der Waals surface area contributed by atoms with Gasteiger partial charge in [-0.05, 0) is 47.4 Å². The second-order valence-corrected chi connectivity index (χ2v) is 6.53. The number of hydrogen-bond donors (Lipinski definition) is 1. The molecule has 26 heavy (non-hydrogen) atoms. The summed E-state index contributed by atoms with van der Waals surface area (Å²) in [6.45, 7) is 0.915.